The van der Waals surface area contributed by atoms with Crippen LogP contribution in [0.5, 0.6) is 5.75 Å². The lowest BCUT2D eigenvalue weighted by atomic mass is 9.92. The van der Waals surface area contributed by atoms with Crippen molar-refractivity contribution in [3.8, 4) is 5.75 Å². The van der Waals surface area contributed by atoms with Crippen molar-refractivity contribution in [3.05, 3.63) is 24.2 Å². The normalized spacial score (nSPS) is 28.7. The second-order valence-electron chi connectivity index (χ2n) is 4.94. The SMILES string of the molecule is C=C1C(F)(F)CN2c3nc(C)ncc3OC[C@]12C. The summed E-state index contributed by atoms with van der Waals surface area (Å²) in [5.74, 6) is -1.51. The molecule has 0 saturated carbocycles. The van der Waals surface area contributed by atoms with Gasteiger partial charge in [-0.05, 0) is 13.8 Å². The Morgan fingerprint density at radius 2 is 2.22 bits per heavy atom. The average Bonchev–Trinajstić information content (AvgIpc) is 2.49. The molecule has 0 aromatic carbocycles. The summed E-state index contributed by atoms with van der Waals surface area (Å²) >= 11 is 0. The van der Waals surface area contributed by atoms with Crippen LogP contribution in [0.15, 0.2) is 18.3 Å². The summed E-state index contributed by atoms with van der Waals surface area (Å²) < 4.78 is 33.2. The summed E-state index contributed by atoms with van der Waals surface area (Å²) in [6.45, 7) is 6.70. The number of rotatable bonds is 0. The van der Waals surface area contributed by atoms with Gasteiger partial charge < -0.3 is 9.64 Å². The molecule has 1 aromatic heterocycles. The summed E-state index contributed by atoms with van der Waals surface area (Å²) in [4.78, 5) is 9.80. The molecular weight excluding hydrogens is 240 g/mol. The molecule has 0 radical (unpaired) electrons. The molecule has 0 unspecified atom stereocenters. The van der Waals surface area contributed by atoms with Crippen molar-refractivity contribution in [1.82, 2.24) is 9.97 Å². The standard InChI is InChI=1S/C12H13F2N3O/c1-7-11(3)6-18-9-4-15-8(2)16-10(9)17(11)5-12(7,13)14/h4H,1,5-6H2,2-3H3/t11-/m1/s1. The van der Waals surface area contributed by atoms with E-state index in [9.17, 15) is 8.78 Å². The number of hydrogen-bond donors (Lipinski definition) is 0. The first-order valence-electron chi connectivity index (χ1n) is 5.66. The van der Waals surface area contributed by atoms with Gasteiger partial charge in [0.05, 0.1) is 18.3 Å². The van der Waals surface area contributed by atoms with Crippen LogP contribution in [0.25, 0.3) is 0 Å². The number of hydrogen-bond acceptors (Lipinski definition) is 4. The van der Waals surface area contributed by atoms with Crippen LogP contribution < -0.4 is 9.64 Å². The van der Waals surface area contributed by atoms with E-state index in [4.69, 9.17) is 4.74 Å². The third-order valence-corrected chi connectivity index (χ3v) is 3.67. The quantitative estimate of drug-likeness (QED) is 0.662. The largest absolute Gasteiger partial charge is 0.485 e. The van der Waals surface area contributed by atoms with Crippen LogP contribution in [0.1, 0.15) is 12.7 Å². The molecule has 1 atom stereocenters. The predicted molar refractivity (Wildman–Crippen MR) is 62.1 cm³/mol. The van der Waals surface area contributed by atoms with Crippen molar-refractivity contribution < 1.29 is 13.5 Å². The monoisotopic (exact) mass is 253 g/mol. The first-order chi connectivity index (χ1) is 8.34. The van der Waals surface area contributed by atoms with Gasteiger partial charge >= 0.3 is 0 Å². The lowest BCUT2D eigenvalue weighted by Crippen LogP contribution is -2.50. The minimum Gasteiger partial charge on any atom is -0.485 e. The summed E-state index contributed by atoms with van der Waals surface area (Å²) in [6, 6.07) is 0. The Kier molecular flexibility index (Phi) is 2.01. The minimum atomic E-state index is -2.92. The molecule has 3 rings (SSSR count). The number of anilines is 1. The van der Waals surface area contributed by atoms with Crippen molar-refractivity contribution in [2.45, 2.75) is 25.3 Å². The summed E-state index contributed by atoms with van der Waals surface area (Å²) in [5.41, 5.74) is -1.02. The molecule has 0 N–H and O–H groups in total. The van der Waals surface area contributed by atoms with Gasteiger partial charge in [0.1, 0.15) is 12.4 Å². The Morgan fingerprint density at radius 1 is 1.50 bits per heavy atom. The molecule has 1 fully saturated rings. The maximum atomic E-state index is 13.8. The van der Waals surface area contributed by atoms with Gasteiger partial charge in [-0.15, -0.1) is 0 Å². The minimum absolute atomic E-state index is 0.114. The zero-order valence-electron chi connectivity index (χ0n) is 10.2. The third-order valence-electron chi connectivity index (χ3n) is 3.67. The summed E-state index contributed by atoms with van der Waals surface area (Å²) in [5, 5.41) is 0. The number of aryl methyl sites for hydroxylation is 1. The van der Waals surface area contributed by atoms with Crippen molar-refractivity contribution in [2.75, 3.05) is 18.1 Å². The van der Waals surface area contributed by atoms with Crippen molar-refractivity contribution in [3.63, 3.8) is 0 Å². The fourth-order valence-corrected chi connectivity index (χ4v) is 2.46. The molecule has 2 aliphatic rings. The molecule has 2 aliphatic heterocycles. The van der Waals surface area contributed by atoms with Gasteiger partial charge in [0, 0.05) is 5.57 Å². The third kappa shape index (κ3) is 1.28. The van der Waals surface area contributed by atoms with Crippen LogP contribution in [0.3, 0.4) is 0 Å². The highest BCUT2D eigenvalue weighted by Gasteiger charge is 2.58. The van der Waals surface area contributed by atoms with Gasteiger partial charge in [-0.3, -0.25) is 0 Å². The van der Waals surface area contributed by atoms with Crippen LogP contribution in [-0.2, 0) is 0 Å². The van der Waals surface area contributed by atoms with Gasteiger partial charge in [0.2, 0.25) is 0 Å². The van der Waals surface area contributed by atoms with Gasteiger partial charge in [-0.1, -0.05) is 6.58 Å². The maximum Gasteiger partial charge on any atom is 0.288 e. The van der Waals surface area contributed by atoms with E-state index in [2.05, 4.69) is 16.5 Å². The highest BCUT2D eigenvalue weighted by Crippen LogP contribution is 2.49. The van der Waals surface area contributed by atoms with E-state index < -0.39 is 18.0 Å². The number of ether oxygens (including phenoxy) is 1. The fraction of sp³-hybridized carbons (Fsp3) is 0.500. The highest BCUT2D eigenvalue weighted by molar-refractivity contribution is 5.62. The van der Waals surface area contributed by atoms with Crippen LogP contribution in [0.4, 0.5) is 14.6 Å². The van der Waals surface area contributed by atoms with Crippen molar-refractivity contribution in [2.24, 2.45) is 0 Å². The summed E-state index contributed by atoms with van der Waals surface area (Å²) in [6.07, 6.45) is 1.52. The molecule has 4 nitrogen and oxygen atoms in total. The Balaban J connectivity index is 2.15. The number of fused-ring (bicyclic) bond motifs is 3. The molecule has 6 heteroatoms. The topological polar surface area (TPSA) is 38.2 Å². The highest BCUT2D eigenvalue weighted by atomic mass is 19.3. The molecule has 18 heavy (non-hydrogen) atoms. The Hall–Kier alpha value is -1.72. The number of aromatic nitrogens is 2. The van der Waals surface area contributed by atoms with Gasteiger partial charge in [-0.2, -0.15) is 8.78 Å². The molecule has 0 aliphatic carbocycles. The first kappa shape index (κ1) is 11.4. The zero-order chi connectivity index (χ0) is 13.1. The van der Waals surface area contributed by atoms with E-state index in [0.717, 1.165) is 0 Å². The maximum absolute atomic E-state index is 13.8. The lowest BCUT2D eigenvalue weighted by molar-refractivity contribution is 0.0631. The second-order valence-corrected chi connectivity index (χ2v) is 4.94. The van der Waals surface area contributed by atoms with E-state index in [1.165, 1.54) is 6.20 Å². The Morgan fingerprint density at radius 3 is 2.94 bits per heavy atom. The van der Waals surface area contributed by atoms with E-state index in [0.29, 0.717) is 17.4 Å². The van der Waals surface area contributed by atoms with Crippen LogP contribution in [0.2, 0.25) is 0 Å². The molecule has 0 amide bonds. The first-order valence-corrected chi connectivity index (χ1v) is 5.66. The number of halogens is 2. The zero-order valence-corrected chi connectivity index (χ0v) is 10.2. The molecule has 0 bridgehead atoms. The molecule has 3 heterocycles. The molecule has 96 valence electrons. The Bertz CT molecular complexity index is 546. The number of alkyl halides is 2. The van der Waals surface area contributed by atoms with E-state index >= 15 is 0 Å². The van der Waals surface area contributed by atoms with Crippen LogP contribution in [0, 0.1) is 6.92 Å². The van der Waals surface area contributed by atoms with E-state index in [-0.39, 0.29) is 12.2 Å². The second kappa shape index (κ2) is 3.18. The average molecular weight is 253 g/mol. The van der Waals surface area contributed by atoms with Gasteiger partial charge in [0.15, 0.2) is 11.6 Å². The predicted octanol–water partition coefficient (Wildman–Crippen LogP) is 1.95. The van der Waals surface area contributed by atoms with Gasteiger partial charge in [-0.25, -0.2) is 9.97 Å². The summed E-state index contributed by atoms with van der Waals surface area (Å²) in [7, 11) is 0. The molecule has 1 saturated heterocycles. The van der Waals surface area contributed by atoms with Crippen LogP contribution in [-0.4, -0.2) is 34.6 Å². The van der Waals surface area contributed by atoms with Gasteiger partial charge in [0.25, 0.3) is 5.92 Å². The van der Waals surface area contributed by atoms with E-state index in [1.807, 2.05) is 0 Å². The van der Waals surface area contributed by atoms with Crippen molar-refractivity contribution >= 4 is 5.82 Å². The fourth-order valence-electron chi connectivity index (χ4n) is 2.46. The van der Waals surface area contributed by atoms with Crippen molar-refractivity contribution in [1.29, 1.82) is 0 Å². The smallest absolute Gasteiger partial charge is 0.288 e. The van der Waals surface area contributed by atoms with E-state index in [1.54, 1.807) is 18.7 Å². The lowest BCUT2D eigenvalue weighted by Gasteiger charge is -2.40. The Labute approximate surface area is 103 Å². The van der Waals surface area contributed by atoms with Crippen LogP contribution >= 0.6 is 0 Å². The molecule has 1 aromatic rings. The number of nitrogens with zero attached hydrogens (tertiary/aromatic N) is 3. The molecular formula is C12H13F2N3O. The molecule has 0 spiro atoms.